The second-order valence-electron chi connectivity index (χ2n) is 3.86. The molecule has 0 radical (unpaired) electrons. The van der Waals surface area contributed by atoms with E-state index < -0.39 is 16.4 Å². The maximum Gasteiger partial charge on any atom is 1.00 e. The van der Waals surface area contributed by atoms with E-state index in [0.29, 0.717) is 10.7 Å². The number of aliphatic hydroxyl groups is 1. The van der Waals surface area contributed by atoms with Crippen LogP contribution in [0.15, 0.2) is 30.3 Å². The van der Waals surface area contributed by atoms with Gasteiger partial charge in [-0.15, -0.1) is 11.6 Å². The average molecular weight is 332 g/mol. The molecular formula is C11H15ClKNO4S. The summed E-state index contributed by atoms with van der Waals surface area (Å²) in [6, 6.07) is 9.20. The smallest absolute Gasteiger partial charge is 0.735 e. The van der Waals surface area contributed by atoms with E-state index in [-0.39, 0.29) is 70.4 Å². The Hall–Kier alpha value is 0.976. The molecular weight excluding hydrogens is 317 g/mol. The van der Waals surface area contributed by atoms with Gasteiger partial charge in [0.15, 0.2) is 10.3 Å². The molecule has 1 aromatic carbocycles. The molecule has 0 aliphatic heterocycles. The number of aliphatic hydroxyl groups excluding tert-OH is 1. The fraction of sp³-hybridized carbons (Fsp3) is 0.455. The first kappa shape index (κ1) is 20.0. The van der Waals surface area contributed by atoms with Crippen molar-refractivity contribution in [2.45, 2.75) is 12.5 Å². The van der Waals surface area contributed by atoms with E-state index in [0.717, 1.165) is 5.56 Å². The van der Waals surface area contributed by atoms with Crippen LogP contribution in [0.4, 0.5) is 0 Å². The topological polar surface area (TPSA) is 80.7 Å². The predicted molar refractivity (Wildman–Crippen MR) is 68.1 cm³/mol. The van der Waals surface area contributed by atoms with Crippen LogP contribution in [0.3, 0.4) is 0 Å². The van der Waals surface area contributed by atoms with E-state index in [1.807, 2.05) is 30.3 Å². The summed E-state index contributed by atoms with van der Waals surface area (Å²) in [4.78, 5) is 0. The first-order chi connectivity index (χ1) is 8.43. The third kappa shape index (κ3) is 8.10. The predicted octanol–water partition coefficient (Wildman–Crippen LogP) is -2.40. The standard InChI is InChI=1S/C11H16ClNO4S.K/c12-8-11(14)9-13(18(15,16)17)7-6-10-4-2-1-3-5-10;/h1-5,11,14H,6-9H2,(H,15,16,17);/q;+1/p-1. The average Bonchev–Trinajstić information content (AvgIpc) is 2.34. The molecule has 19 heavy (non-hydrogen) atoms. The minimum atomic E-state index is -4.58. The van der Waals surface area contributed by atoms with Gasteiger partial charge < -0.3 is 9.66 Å². The van der Waals surface area contributed by atoms with Crippen LogP contribution in [0.1, 0.15) is 5.56 Å². The summed E-state index contributed by atoms with van der Waals surface area (Å²) in [5.41, 5.74) is 0.923. The zero-order chi connectivity index (χ0) is 13.6. The van der Waals surface area contributed by atoms with Crippen LogP contribution in [0.25, 0.3) is 0 Å². The minimum Gasteiger partial charge on any atom is -0.735 e. The molecule has 1 rings (SSSR count). The first-order valence-corrected chi connectivity index (χ1v) is 7.32. The van der Waals surface area contributed by atoms with Gasteiger partial charge in [-0.1, -0.05) is 30.3 Å². The van der Waals surface area contributed by atoms with E-state index in [1.54, 1.807) is 0 Å². The molecule has 0 saturated carbocycles. The maximum absolute atomic E-state index is 11.0. The van der Waals surface area contributed by atoms with Gasteiger partial charge in [-0.05, 0) is 12.0 Å². The number of hydrogen-bond acceptors (Lipinski definition) is 4. The number of benzene rings is 1. The Kier molecular flexibility index (Phi) is 10.3. The Morgan fingerprint density at radius 1 is 1.32 bits per heavy atom. The van der Waals surface area contributed by atoms with E-state index in [2.05, 4.69) is 0 Å². The molecule has 1 unspecified atom stereocenters. The van der Waals surface area contributed by atoms with Crippen molar-refractivity contribution in [1.82, 2.24) is 4.31 Å². The molecule has 0 heterocycles. The van der Waals surface area contributed by atoms with E-state index >= 15 is 0 Å². The molecule has 0 aliphatic rings. The zero-order valence-electron chi connectivity index (χ0n) is 10.7. The van der Waals surface area contributed by atoms with Crippen molar-refractivity contribution < 1.29 is 69.5 Å². The summed E-state index contributed by atoms with van der Waals surface area (Å²) in [5.74, 6) is -0.114. The van der Waals surface area contributed by atoms with Crippen LogP contribution in [-0.4, -0.2) is 47.5 Å². The molecule has 0 spiro atoms. The molecule has 1 atom stereocenters. The van der Waals surface area contributed by atoms with Crippen molar-refractivity contribution in [1.29, 1.82) is 0 Å². The van der Waals surface area contributed by atoms with Crippen molar-refractivity contribution in [3.05, 3.63) is 35.9 Å². The summed E-state index contributed by atoms with van der Waals surface area (Å²) in [6.45, 7) is -0.244. The molecule has 5 nitrogen and oxygen atoms in total. The Bertz CT molecular complexity index is 457. The minimum absolute atomic E-state index is 0. The van der Waals surface area contributed by atoms with Crippen LogP contribution in [0.2, 0.25) is 0 Å². The van der Waals surface area contributed by atoms with Crippen LogP contribution in [0.5, 0.6) is 0 Å². The monoisotopic (exact) mass is 331 g/mol. The molecule has 0 bridgehead atoms. The molecule has 0 aliphatic carbocycles. The van der Waals surface area contributed by atoms with Crippen LogP contribution in [0, 0.1) is 0 Å². The Morgan fingerprint density at radius 2 is 1.89 bits per heavy atom. The molecule has 0 fully saturated rings. The van der Waals surface area contributed by atoms with Gasteiger partial charge in [0.1, 0.15) is 0 Å². The van der Waals surface area contributed by atoms with Gasteiger partial charge in [0.2, 0.25) is 0 Å². The van der Waals surface area contributed by atoms with E-state index in [9.17, 15) is 18.1 Å². The van der Waals surface area contributed by atoms with Gasteiger partial charge in [0.05, 0.1) is 6.10 Å². The van der Waals surface area contributed by atoms with Crippen LogP contribution >= 0.6 is 11.6 Å². The second-order valence-corrected chi connectivity index (χ2v) is 5.54. The molecule has 1 N–H and O–H groups in total. The second kappa shape index (κ2) is 9.83. The van der Waals surface area contributed by atoms with Gasteiger partial charge in [0, 0.05) is 19.0 Å². The number of hydrogen-bond donors (Lipinski definition) is 1. The van der Waals surface area contributed by atoms with Gasteiger partial charge in [-0.2, -0.15) is 0 Å². The summed E-state index contributed by atoms with van der Waals surface area (Å²) in [6.07, 6.45) is -0.622. The summed E-state index contributed by atoms with van der Waals surface area (Å²) in [7, 11) is -4.58. The van der Waals surface area contributed by atoms with Crippen molar-refractivity contribution in [3.8, 4) is 0 Å². The molecule has 0 saturated heterocycles. The van der Waals surface area contributed by atoms with Crippen molar-refractivity contribution in [2.24, 2.45) is 0 Å². The summed E-state index contributed by atoms with van der Waals surface area (Å²) >= 11 is 5.39. The van der Waals surface area contributed by atoms with Gasteiger partial charge in [-0.3, -0.25) is 0 Å². The first-order valence-electron chi connectivity index (χ1n) is 5.42. The van der Waals surface area contributed by atoms with E-state index in [1.165, 1.54) is 0 Å². The largest absolute Gasteiger partial charge is 1.00 e. The number of alkyl halides is 1. The molecule has 0 amide bonds. The molecule has 1 aromatic rings. The normalized spacial score (nSPS) is 13.1. The molecule has 102 valence electrons. The number of rotatable bonds is 7. The van der Waals surface area contributed by atoms with E-state index in [4.69, 9.17) is 11.6 Å². The Morgan fingerprint density at radius 3 is 2.37 bits per heavy atom. The fourth-order valence-corrected chi connectivity index (χ4v) is 2.24. The SMILES string of the molecule is O=S(=O)([O-])N(CCc1ccccc1)CC(O)CCl.[K+]. The van der Waals surface area contributed by atoms with Gasteiger partial charge >= 0.3 is 51.4 Å². The van der Waals surface area contributed by atoms with Crippen LogP contribution < -0.4 is 51.4 Å². The number of halogens is 1. The quantitative estimate of drug-likeness (QED) is 0.343. The Labute approximate surface area is 161 Å². The summed E-state index contributed by atoms with van der Waals surface area (Å²) in [5, 5.41) is 9.31. The molecule has 0 aromatic heterocycles. The zero-order valence-corrected chi connectivity index (χ0v) is 15.4. The van der Waals surface area contributed by atoms with Crippen molar-refractivity contribution >= 4 is 21.9 Å². The van der Waals surface area contributed by atoms with Crippen molar-refractivity contribution in [2.75, 3.05) is 19.0 Å². The van der Waals surface area contributed by atoms with Crippen molar-refractivity contribution in [3.63, 3.8) is 0 Å². The van der Waals surface area contributed by atoms with Gasteiger partial charge in [0.25, 0.3) is 0 Å². The number of nitrogens with zero attached hydrogens (tertiary/aromatic N) is 1. The third-order valence-corrected chi connectivity index (χ3v) is 3.72. The van der Waals surface area contributed by atoms with Crippen LogP contribution in [-0.2, 0) is 16.7 Å². The Balaban J connectivity index is 0.00000324. The summed E-state index contributed by atoms with van der Waals surface area (Å²) < 4.78 is 33.8. The maximum atomic E-state index is 11.0. The third-order valence-electron chi connectivity index (χ3n) is 2.40. The molecule has 8 heteroatoms. The van der Waals surface area contributed by atoms with Gasteiger partial charge in [-0.25, -0.2) is 12.7 Å². The fourth-order valence-electron chi connectivity index (χ4n) is 1.48.